The molecule has 1 N–H and O–H groups in total. The van der Waals surface area contributed by atoms with Gasteiger partial charge >= 0.3 is 0 Å². The quantitative estimate of drug-likeness (QED) is 0.481. The minimum Gasteiger partial charge on any atom is -0.215 e. The van der Waals surface area contributed by atoms with Gasteiger partial charge in [0, 0.05) is 6.54 Å². The number of nitrogens with one attached hydrogen (secondary N) is 1. The highest BCUT2D eigenvalue weighted by atomic mass is 32.2. The van der Waals surface area contributed by atoms with Crippen LogP contribution in [0.3, 0.4) is 0 Å². The minimum absolute atomic E-state index is 0.602. The molecule has 0 aliphatic carbocycles. The Morgan fingerprint density at radius 1 is 0.800 bits per heavy atom. The summed E-state index contributed by atoms with van der Waals surface area (Å²) >= 11 is 0. The van der Waals surface area contributed by atoms with Crippen LogP contribution < -0.4 is 4.72 Å². The molecule has 0 amide bonds. The van der Waals surface area contributed by atoms with Gasteiger partial charge in [-0.2, -0.15) is 0 Å². The molecular formula is C16H35NO2S. The summed E-state index contributed by atoms with van der Waals surface area (Å²) in [5.41, 5.74) is 0. The van der Waals surface area contributed by atoms with Crippen LogP contribution in [0.15, 0.2) is 0 Å². The fourth-order valence-electron chi connectivity index (χ4n) is 2.60. The predicted molar refractivity (Wildman–Crippen MR) is 88.5 cm³/mol. The summed E-state index contributed by atoms with van der Waals surface area (Å²) in [6.07, 6.45) is 15.2. The molecule has 4 heteroatoms. The Morgan fingerprint density at radius 3 is 1.70 bits per heavy atom. The first-order chi connectivity index (χ1) is 9.49. The Morgan fingerprint density at radius 2 is 1.30 bits per heavy atom. The summed E-state index contributed by atoms with van der Waals surface area (Å²) in [5.74, 6) is 0.693. The molecule has 3 nitrogen and oxygen atoms in total. The molecule has 0 unspecified atom stereocenters. The Bertz CT molecular complexity index is 290. The van der Waals surface area contributed by atoms with Crippen molar-refractivity contribution in [2.24, 2.45) is 5.92 Å². The van der Waals surface area contributed by atoms with E-state index in [0.29, 0.717) is 12.5 Å². The SMILES string of the molecule is CCCCCCC(CCCCCC)CCNS(C)(=O)=O. The molecule has 0 rings (SSSR count). The van der Waals surface area contributed by atoms with Gasteiger partial charge in [0.15, 0.2) is 0 Å². The molecule has 0 saturated carbocycles. The van der Waals surface area contributed by atoms with Gasteiger partial charge in [-0.3, -0.25) is 0 Å². The van der Waals surface area contributed by atoms with Crippen LogP contribution in [0, 0.1) is 5.92 Å². The lowest BCUT2D eigenvalue weighted by Gasteiger charge is -2.17. The van der Waals surface area contributed by atoms with E-state index in [1.54, 1.807) is 0 Å². The highest BCUT2D eigenvalue weighted by Gasteiger charge is 2.10. The predicted octanol–water partition coefficient (Wildman–Crippen LogP) is 4.48. The molecule has 0 aromatic rings. The fourth-order valence-corrected chi connectivity index (χ4v) is 3.09. The van der Waals surface area contributed by atoms with Crippen LogP contribution in [-0.2, 0) is 10.0 Å². The average Bonchev–Trinajstić information content (AvgIpc) is 2.37. The molecule has 122 valence electrons. The summed E-state index contributed by atoms with van der Waals surface area (Å²) in [6.45, 7) is 5.07. The van der Waals surface area contributed by atoms with E-state index in [1.807, 2.05) is 0 Å². The first-order valence-corrected chi connectivity index (χ1v) is 10.3. The van der Waals surface area contributed by atoms with E-state index >= 15 is 0 Å². The van der Waals surface area contributed by atoms with Gasteiger partial charge in [-0.05, 0) is 12.3 Å². The maximum atomic E-state index is 11.1. The van der Waals surface area contributed by atoms with Crippen molar-refractivity contribution in [1.29, 1.82) is 0 Å². The zero-order chi connectivity index (χ0) is 15.3. The van der Waals surface area contributed by atoms with Gasteiger partial charge in [-0.15, -0.1) is 0 Å². The second-order valence-electron chi connectivity index (χ2n) is 6.02. The summed E-state index contributed by atoms with van der Waals surface area (Å²) in [4.78, 5) is 0. The summed E-state index contributed by atoms with van der Waals surface area (Å²) in [7, 11) is -3.03. The van der Waals surface area contributed by atoms with Gasteiger partial charge in [0.1, 0.15) is 0 Å². The molecule has 0 atom stereocenters. The highest BCUT2D eigenvalue weighted by molar-refractivity contribution is 7.88. The monoisotopic (exact) mass is 305 g/mol. The van der Waals surface area contributed by atoms with E-state index in [0.717, 1.165) is 6.42 Å². The van der Waals surface area contributed by atoms with Crippen molar-refractivity contribution >= 4 is 10.0 Å². The van der Waals surface area contributed by atoms with E-state index in [1.165, 1.54) is 70.5 Å². The fraction of sp³-hybridized carbons (Fsp3) is 1.00. The smallest absolute Gasteiger partial charge is 0.208 e. The van der Waals surface area contributed by atoms with Gasteiger partial charge in [0.05, 0.1) is 6.26 Å². The van der Waals surface area contributed by atoms with Crippen LogP contribution in [0.2, 0.25) is 0 Å². The molecule has 0 bridgehead atoms. The zero-order valence-electron chi connectivity index (χ0n) is 13.8. The highest BCUT2D eigenvalue weighted by Crippen LogP contribution is 2.21. The van der Waals surface area contributed by atoms with Crippen LogP contribution in [0.5, 0.6) is 0 Å². The molecule has 0 aliphatic rings. The molecule has 0 fully saturated rings. The molecule has 0 radical (unpaired) electrons. The molecule has 0 aromatic carbocycles. The lowest BCUT2D eigenvalue weighted by Crippen LogP contribution is -2.24. The largest absolute Gasteiger partial charge is 0.215 e. The number of unbranched alkanes of at least 4 members (excludes halogenated alkanes) is 6. The van der Waals surface area contributed by atoms with E-state index in [-0.39, 0.29) is 0 Å². The van der Waals surface area contributed by atoms with E-state index in [2.05, 4.69) is 18.6 Å². The molecule has 0 spiro atoms. The normalized spacial score (nSPS) is 12.2. The third-order valence-corrected chi connectivity index (χ3v) is 4.58. The van der Waals surface area contributed by atoms with Crippen molar-refractivity contribution in [2.75, 3.05) is 12.8 Å². The first kappa shape index (κ1) is 19.9. The van der Waals surface area contributed by atoms with Crippen LogP contribution in [-0.4, -0.2) is 21.2 Å². The molecule has 0 aliphatic heterocycles. The summed E-state index contributed by atoms with van der Waals surface area (Å²) in [5, 5.41) is 0. The molecule has 0 heterocycles. The molecule has 0 aromatic heterocycles. The zero-order valence-corrected chi connectivity index (χ0v) is 14.6. The van der Waals surface area contributed by atoms with Crippen molar-refractivity contribution < 1.29 is 8.42 Å². The Labute approximate surface area is 127 Å². The third-order valence-electron chi connectivity index (χ3n) is 3.85. The van der Waals surface area contributed by atoms with Crippen LogP contribution in [0.1, 0.15) is 84.5 Å². The van der Waals surface area contributed by atoms with Gasteiger partial charge in [-0.1, -0.05) is 78.1 Å². The summed E-state index contributed by atoms with van der Waals surface area (Å²) in [6, 6.07) is 0. The topological polar surface area (TPSA) is 46.2 Å². The Balaban J connectivity index is 3.90. The van der Waals surface area contributed by atoms with Crippen molar-refractivity contribution in [2.45, 2.75) is 84.5 Å². The number of rotatable bonds is 14. The van der Waals surface area contributed by atoms with Crippen LogP contribution in [0.4, 0.5) is 0 Å². The van der Waals surface area contributed by atoms with Gasteiger partial charge in [-0.25, -0.2) is 13.1 Å². The van der Waals surface area contributed by atoms with Crippen LogP contribution >= 0.6 is 0 Å². The van der Waals surface area contributed by atoms with Gasteiger partial charge in [0.2, 0.25) is 10.0 Å². The van der Waals surface area contributed by atoms with Crippen LogP contribution in [0.25, 0.3) is 0 Å². The van der Waals surface area contributed by atoms with Crippen molar-refractivity contribution in [3.8, 4) is 0 Å². The number of hydrogen-bond donors (Lipinski definition) is 1. The van der Waals surface area contributed by atoms with E-state index in [9.17, 15) is 8.42 Å². The van der Waals surface area contributed by atoms with E-state index in [4.69, 9.17) is 0 Å². The number of sulfonamides is 1. The molecular weight excluding hydrogens is 270 g/mol. The van der Waals surface area contributed by atoms with Crippen molar-refractivity contribution in [3.63, 3.8) is 0 Å². The maximum Gasteiger partial charge on any atom is 0.208 e. The number of hydrogen-bond acceptors (Lipinski definition) is 2. The Kier molecular flexibility index (Phi) is 12.6. The lowest BCUT2D eigenvalue weighted by atomic mass is 9.92. The van der Waals surface area contributed by atoms with Crippen molar-refractivity contribution in [3.05, 3.63) is 0 Å². The molecule has 20 heavy (non-hydrogen) atoms. The third kappa shape index (κ3) is 14.3. The van der Waals surface area contributed by atoms with E-state index < -0.39 is 10.0 Å². The summed E-state index contributed by atoms with van der Waals surface area (Å²) < 4.78 is 24.8. The van der Waals surface area contributed by atoms with Crippen molar-refractivity contribution in [1.82, 2.24) is 4.72 Å². The molecule has 0 saturated heterocycles. The standard InChI is InChI=1S/C16H35NO2S/c1-4-6-8-10-12-16(13-11-9-7-5-2)14-15-17-20(3,18)19/h16-17H,4-15H2,1-3H3. The minimum atomic E-state index is -3.03. The maximum absolute atomic E-state index is 11.1. The second kappa shape index (κ2) is 12.6. The Hall–Kier alpha value is -0.0900. The second-order valence-corrected chi connectivity index (χ2v) is 7.85. The van der Waals surface area contributed by atoms with Gasteiger partial charge in [0.25, 0.3) is 0 Å². The first-order valence-electron chi connectivity index (χ1n) is 8.44. The van der Waals surface area contributed by atoms with Gasteiger partial charge < -0.3 is 0 Å². The average molecular weight is 306 g/mol. The lowest BCUT2D eigenvalue weighted by molar-refractivity contribution is 0.383.